The first-order valence-electron chi connectivity index (χ1n) is 4.81. The first-order chi connectivity index (χ1) is 7.68. The molecule has 0 atom stereocenters. The summed E-state index contributed by atoms with van der Waals surface area (Å²) in [7, 11) is 0. The molecule has 0 aliphatic heterocycles. The van der Waals surface area contributed by atoms with Gasteiger partial charge in [0.25, 0.3) is 5.76 Å². The number of nitrogens with zero attached hydrogens (tertiary/aromatic N) is 1. The van der Waals surface area contributed by atoms with Gasteiger partial charge in [0.1, 0.15) is 0 Å². The summed E-state index contributed by atoms with van der Waals surface area (Å²) in [5.74, 6) is -2.46. The Morgan fingerprint density at radius 2 is 2.06 bits per heavy atom. The van der Waals surface area contributed by atoms with Crippen LogP contribution in [0.1, 0.15) is 18.4 Å². The van der Waals surface area contributed by atoms with Crippen LogP contribution in [0.3, 0.4) is 0 Å². The number of isocyanates is 1. The number of hydrogen-bond acceptors (Lipinski definition) is 3. The minimum atomic E-state index is -2.46. The lowest BCUT2D eigenvalue weighted by molar-refractivity contribution is 0.252. The molecule has 1 fully saturated rings. The maximum absolute atomic E-state index is 12.3. The molecule has 2 rings (SSSR count). The van der Waals surface area contributed by atoms with Crippen LogP contribution >= 0.6 is 11.8 Å². The molecule has 0 spiro atoms. The molecule has 0 unspecified atom stereocenters. The van der Waals surface area contributed by atoms with Crippen LogP contribution < -0.4 is 0 Å². The molecular weight excluding hydrogens is 232 g/mol. The van der Waals surface area contributed by atoms with E-state index >= 15 is 0 Å². The Balaban J connectivity index is 2.37. The average Bonchev–Trinajstić information content (AvgIpc) is 2.99. The second-order valence-electron chi connectivity index (χ2n) is 3.61. The summed E-state index contributed by atoms with van der Waals surface area (Å²) < 4.78 is 24.7. The van der Waals surface area contributed by atoms with Gasteiger partial charge in [0.05, 0.1) is 5.54 Å². The van der Waals surface area contributed by atoms with E-state index in [1.165, 1.54) is 6.08 Å². The van der Waals surface area contributed by atoms with Gasteiger partial charge in [-0.05, 0) is 24.5 Å². The largest absolute Gasteiger partial charge is 0.288 e. The van der Waals surface area contributed by atoms with Crippen LogP contribution in [0.15, 0.2) is 34.2 Å². The van der Waals surface area contributed by atoms with Gasteiger partial charge in [-0.25, -0.2) is 4.79 Å². The Kier molecular flexibility index (Phi) is 3.08. The number of benzene rings is 1. The lowest BCUT2D eigenvalue weighted by Gasteiger charge is -2.13. The summed E-state index contributed by atoms with van der Waals surface area (Å²) >= 11 is 0.495. The molecule has 1 saturated carbocycles. The van der Waals surface area contributed by atoms with E-state index in [1.54, 1.807) is 24.3 Å². The molecule has 0 N–H and O–H groups in total. The minimum absolute atomic E-state index is 0.494. The van der Waals surface area contributed by atoms with Crippen molar-refractivity contribution in [2.75, 3.05) is 0 Å². The Labute approximate surface area is 95.8 Å². The normalized spacial score (nSPS) is 16.9. The highest BCUT2D eigenvalue weighted by atomic mass is 32.2. The van der Waals surface area contributed by atoms with Crippen molar-refractivity contribution in [3.8, 4) is 0 Å². The van der Waals surface area contributed by atoms with E-state index in [4.69, 9.17) is 0 Å². The number of aliphatic imine (C=N–C) groups is 1. The van der Waals surface area contributed by atoms with Gasteiger partial charge < -0.3 is 0 Å². The van der Waals surface area contributed by atoms with E-state index in [9.17, 15) is 13.6 Å². The van der Waals surface area contributed by atoms with Crippen LogP contribution in [-0.4, -0.2) is 11.8 Å². The highest BCUT2D eigenvalue weighted by Gasteiger charge is 2.46. The molecule has 0 radical (unpaired) electrons. The summed E-state index contributed by atoms with van der Waals surface area (Å²) in [6, 6.07) is 6.85. The molecule has 1 aromatic rings. The fourth-order valence-electron chi connectivity index (χ4n) is 1.70. The molecule has 2 nitrogen and oxygen atoms in total. The molecule has 5 heteroatoms. The SMILES string of the molecule is O=C=NC1(c2ccccc2SC(F)F)CC1. The van der Waals surface area contributed by atoms with E-state index in [0.29, 0.717) is 22.2 Å². The van der Waals surface area contributed by atoms with Gasteiger partial charge in [-0.3, -0.25) is 0 Å². The third-order valence-corrected chi connectivity index (χ3v) is 3.38. The van der Waals surface area contributed by atoms with Gasteiger partial charge >= 0.3 is 0 Å². The van der Waals surface area contributed by atoms with Crippen LogP contribution in [0.25, 0.3) is 0 Å². The summed E-state index contributed by atoms with van der Waals surface area (Å²) in [5.41, 5.74) is 0.129. The molecule has 1 aromatic carbocycles. The molecule has 16 heavy (non-hydrogen) atoms. The Morgan fingerprint density at radius 3 is 2.62 bits per heavy atom. The number of thioether (sulfide) groups is 1. The molecule has 0 aromatic heterocycles. The molecule has 0 heterocycles. The lowest BCUT2D eigenvalue weighted by Crippen LogP contribution is -2.04. The molecule has 0 bridgehead atoms. The number of hydrogen-bond donors (Lipinski definition) is 0. The fraction of sp³-hybridized carbons (Fsp3) is 0.364. The van der Waals surface area contributed by atoms with Crippen molar-refractivity contribution >= 4 is 17.8 Å². The number of carbonyl (C=O) groups excluding carboxylic acids is 1. The van der Waals surface area contributed by atoms with Crippen LogP contribution in [-0.2, 0) is 10.3 Å². The fourth-order valence-corrected chi connectivity index (χ4v) is 2.43. The Bertz CT molecular complexity index is 439. The van der Waals surface area contributed by atoms with E-state index in [-0.39, 0.29) is 0 Å². The van der Waals surface area contributed by atoms with Crippen LogP contribution in [0.5, 0.6) is 0 Å². The summed E-state index contributed by atoms with van der Waals surface area (Å²) in [6.45, 7) is 0. The van der Waals surface area contributed by atoms with Gasteiger partial charge in [-0.1, -0.05) is 30.0 Å². The average molecular weight is 241 g/mol. The third-order valence-electron chi connectivity index (χ3n) is 2.59. The smallest absolute Gasteiger partial charge is 0.211 e. The van der Waals surface area contributed by atoms with Crippen molar-refractivity contribution in [1.82, 2.24) is 0 Å². The van der Waals surface area contributed by atoms with E-state index < -0.39 is 11.3 Å². The molecular formula is C11H9F2NOS. The maximum atomic E-state index is 12.3. The first-order valence-corrected chi connectivity index (χ1v) is 5.69. The summed E-state index contributed by atoms with van der Waals surface area (Å²) in [4.78, 5) is 14.6. The van der Waals surface area contributed by atoms with Gasteiger partial charge in [0, 0.05) is 4.90 Å². The predicted molar refractivity (Wildman–Crippen MR) is 57.3 cm³/mol. The van der Waals surface area contributed by atoms with Gasteiger partial charge in [0.15, 0.2) is 0 Å². The van der Waals surface area contributed by atoms with Crippen molar-refractivity contribution in [3.05, 3.63) is 29.8 Å². The number of halogens is 2. The van der Waals surface area contributed by atoms with Crippen molar-refractivity contribution < 1.29 is 13.6 Å². The van der Waals surface area contributed by atoms with Crippen LogP contribution in [0.2, 0.25) is 0 Å². The number of alkyl halides is 2. The lowest BCUT2D eigenvalue weighted by atomic mass is 10.1. The zero-order valence-electron chi connectivity index (χ0n) is 8.32. The summed E-state index contributed by atoms with van der Waals surface area (Å²) in [6.07, 6.45) is 2.98. The standard InChI is InChI=1S/C11H9F2NOS/c12-10(13)16-9-4-2-1-3-8(9)11(5-6-11)14-7-15/h1-4,10H,5-6H2. The molecule has 0 amide bonds. The molecule has 0 saturated heterocycles. The maximum Gasteiger partial charge on any atom is 0.288 e. The van der Waals surface area contributed by atoms with Gasteiger partial charge in [0.2, 0.25) is 6.08 Å². The second-order valence-corrected chi connectivity index (χ2v) is 4.64. The highest BCUT2D eigenvalue weighted by molar-refractivity contribution is 7.99. The minimum Gasteiger partial charge on any atom is -0.211 e. The van der Waals surface area contributed by atoms with Gasteiger partial charge in [-0.2, -0.15) is 13.8 Å². The van der Waals surface area contributed by atoms with Crippen LogP contribution in [0, 0.1) is 0 Å². The Hall–Kier alpha value is -1.19. The third kappa shape index (κ3) is 2.15. The zero-order valence-corrected chi connectivity index (χ0v) is 9.14. The van der Waals surface area contributed by atoms with Crippen molar-refractivity contribution in [3.63, 3.8) is 0 Å². The quantitative estimate of drug-likeness (QED) is 0.459. The predicted octanol–water partition coefficient (Wildman–Crippen LogP) is 3.33. The number of rotatable bonds is 4. The van der Waals surface area contributed by atoms with Crippen molar-refractivity contribution in [1.29, 1.82) is 0 Å². The van der Waals surface area contributed by atoms with E-state index in [1.807, 2.05) is 0 Å². The zero-order chi connectivity index (χ0) is 11.6. The summed E-state index contributed by atoms with van der Waals surface area (Å²) in [5, 5.41) is 0. The second kappa shape index (κ2) is 4.36. The van der Waals surface area contributed by atoms with Crippen LogP contribution in [0.4, 0.5) is 8.78 Å². The topological polar surface area (TPSA) is 29.4 Å². The molecule has 1 aliphatic rings. The van der Waals surface area contributed by atoms with E-state index in [0.717, 1.165) is 12.8 Å². The van der Waals surface area contributed by atoms with Crippen molar-refractivity contribution in [2.24, 2.45) is 4.99 Å². The monoisotopic (exact) mass is 241 g/mol. The molecule has 84 valence electrons. The molecule has 1 aliphatic carbocycles. The highest BCUT2D eigenvalue weighted by Crippen LogP contribution is 2.52. The Morgan fingerprint density at radius 1 is 1.38 bits per heavy atom. The van der Waals surface area contributed by atoms with Crippen molar-refractivity contribution in [2.45, 2.75) is 29.0 Å². The van der Waals surface area contributed by atoms with Gasteiger partial charge in [-0.15, -0.1) is 0 Å². The van der Waals surface area contributed by atoms with E-state index in [2.05, 4.69) is 4.99 Å². The first kappa shape index (κ1) is 11.3.